The number of nitrogens with two attached hydrogens (primary N) is 1. The van der Waals surface area contributed by atoms with E-state index < -0.39 is 0 Å². The van der Waals surface area contributed by atoms with Crippen LogP contribution in [0.25, 0.3) is 0 Å². The van der Waals surface area contributed by atoms with Crippen molar-refractivity contribution in [2.45, 2.75) is 20.3 Å². The van der Waals surface area contributed by atoms with Crippen LogP contribution in [0.5, 0.6) is 0 Å². The highest BCUT2D eigenvalue weighted by Crippen LogP contribution is 2.13. The molecule has 84 valence electrons. The van der Waals surface area contributed by atoms with Crippen molar-refractivity contribution in [3.8, 4) is 0 Å². The number of hydrogen-bond acceptors (Lipinski definition) is 3. The highest BCUT2D eigenvalue weighted by molar-refractivity contribution is 5.76. The number of carbonyl (C=O) groups excluding carboxylic acids is 1. The minimum Gasteiger partial charge on any atom is -0.355 e. The fourth-order valence-corrected chi connectivity index (χ4v) is 1.47. The summed E-state index contributed by atoms with van der Waals surface area (Å²) < 4.78 is 0. The lowest BCUT2D eigenvalue weighted by atomic mass is 9.93. The SMILES string of the molecule is CN(C)CC(C)(C)CNC(=O)CCN. The molecule has 0 heterocycles. The first-order valence-electron chi connectivity index (χ1n) is 4.99. The Kier molecular flexibility index (Phi) is 5.72. The van der Waals surface area contributed by atoms with Gasteiger partial charge in [-0.25, -0.2) is 0 Å². The van der Waals surface area contributed by atoms with Crippen LogP contribution in [0.2, 0.25) is 0 Å². The summed E-state index contributed by atoms with van der Waals surface area (Å²) in [5.41, 5.74) is 5.39. The van der Waals surface area contributed by atoms with Crippen molar-refractivity contribution in [3.05, 3.63) is 0 Å². The first-order valence-corrected chi connectivity index (χ1v) is 4.99. The minimum atomic E-state index is 0.0410. The molecule has 0 aliphatic carbocycles. The van der Waals surface area contributed by atoms with Crippen molar-refractivity contribution < 1.29 is 4.79 Å². The molecule has 0 spiro atoms. The maximum absolute atomic E-state index is 11.2. The van der Waals surface area contributed by atoms with Crippen LogP contribution in [-0.2, 0) is 4.79 Å². The van der Waals surface area contributed by atoms with E-state index in [9.17, 15) is 4.79 Å². The maximum Gasteiger partial charge on any atom is 0.221 e. The van der Waals surface area contributed by atoms with Gasteiger partial charge in [-0.1, -0.05) is 13.8 Å². The summed E-state index contributed by atoms with van der Waals surface area (Å²) in [5.74, 6) is 0.0410. The Morgan fingerprint density at radius 1 is 1.43 bits per heavy atom. The van der Waals surface area contributed by atoms with Crippen molar-refractivity contribution in [1.82, 2.24) is 10.2 Å². The Morgan fingerprint density at radius 3 is 2.43 bits per heavy atom. The molecule has 3 N–H and O–H groups in total. The second-order valence-electron chi connectivity index (χ2n) is 4.72. The van der Waals surface area contributed by atoms with Gasteiger partial charge >= 0.3 is 0 Å². The van der Waals surface area contributed by atoms with Gasteiger partial charge in [0, 0.05) is 26.1 Å². The first-order chi connectivity index (χ1) is 6.37. The molecule has 0 aliphatic rings. The molecule has 14 heavy (non-hydrogen) atoms. The Morgan fingerprint density at radius 2 is 2.00 bits per heavy atom. The molecule has 4 heteroatoms. The predicted molar refractivity (Wildman–Crippen MR) is 59.0 cm³/mol. The maximum atomic E-state index is 11.2. The molecule has 0 atom stereocenters. The van der Waals surface area contributed by atoms with Crippen LogP contribution in [0.3, 0.4) is 0 Å². The van der Waals surface area contributed by atoms with Crippen molar-refractivity contribution in [1.29, 1.82) is 0 Å². The molecular weight excluding hydrogens is 178 g/mol. The normalized spacial score (nSPS) is 11.9. The Labute approximate surface area is 86.8 Å². The van der Waals surface area contributed by atoms with E-state index in [0.29, 0.717) is 19.5 Å². The fraction of sp³-hybridized carbons (Fsp3) is 0.900. The Hall–Kier alpha value is -0.610. The number of amides is 1. The summed E-state index contributed by atoms with van der Waals surface area (Å²) in [5, 5.41) is 2.88. The molecule has 0 radical (unpaired) electrons. The zero-order valence-electron chi connectivity index (χ0n) is 9.76. The molecule has 0 aromatic rings. The molecule has 0 saturated carbocycles. The van der Waals surface area contributed by atoms with E-state index in [4.69, 9.17) is 5.73 Å². The van der Waals surface area contributed by atoms with Crippen LogP contribution >= 0.6 is 0 Å². The molecule has 0 fully saturated rings. The first kappa shape index (κ1) is 13.4. The summed E-state index contributed by atoms with van der Waals surface area (Å²) in [6.07, 6.45) is 0.415. The van der Waals surface area contributed by atoms with Crippen LogP contribution in [0.4, 0.5) is 0 Å². The Bertz CT molecular complexity index is 178. The zero-order chi connectivity index (χ0) is 11.2. The van der Waals surface area contributed by atoms with Crippen LogP contribution in [0.15, 0.2) is 0 Å². The van der Waals surface area contributed by atoms with Crippen LogP contribution in [0.1, 0.15) is 20.3 Å². The summed E-state index contributed by atoms with van der Waals surface area (Å²) in [6.45, 7) is 6.34. The number of nitrogens with one attached hydrogen (secondary N) is 1. The molecule has 1 amide bonds. The monoisotopic (exact) mass is 201 g/mol. The van der Waals surface area contributed by atoms with E-state index in [0.717, 1.165) is 6.54 Å². The molecule has 0 aromatic heterocycles. The molecule has 0 unspecified atom stereocenters. The molecule has 0 saturated heterocycles. The van der Waals surface area contributed by atoms with E-state index in [1.54, 1.807) is 0 Å². The third kappa shape index (κ3) is 6.86. The van der Waals surface area contributed by atoms with Crippen LogP contribution in [-0.4, -0.2) is 44.5 Å². The third-order valence-corrected chi connectivity index (χ3v) is 1.88. The smallest absolute Gasteiger partial charge is 0.221 e. The van der Waals surface area contributed by atoms with Crippen molar-refractivity contribution >= 4 is 5.91 Å². The van der Waals surface area contributed by atoms with Gasteiger partial charge in [-0.05, 0) is 19.5 Å². The number of rotatable bonds is 6. The topological polar surface area (TPSA) is 58.4 Å². The van der Waals surface area contributed by atoms with Crippen molar-refractivity contribution in [2.24, 2.45) is 11.1 Å². The molecule has 0 rings (SSSR count). The average molecular weight is 201 g/mol. The third-order valence-electron chi connectivity index (χ3n) is 1.88. The van der Waals surface area contributed by atoms with E-state index in [1.807, 2.05) is 14.1 Å². The van der Waals surface area contributed by atoms with Gasteiger partial charge in [0.15, 0.2) is 0 Å². The van der Waals surface area contributed by atoms with Crippen LogP contribution < -0.4 is 11.1 Å². The van der Waals surface area contributed by atoms with E-state index in [-0.39, 0.29) is 11.3 Å². The lowest BCUT2D eigenvalue weighted by Crippen LogP contribution is -2.40. The lowest BCUT2D eigenvalue weighted by Gasteiger charge is -2.28. The summed E-state index contributed by atoms with van der Waals surface area (Å²) in [6, 6.07) is 0. The summed E-state index contributed by atoms with van der Waals surface area (Å²) in [7, 11) is 4.06. The van der Waals surface area contributed by atoms with Crippen molar-refractivity contribution in [3.63, 3.8) is 0 Å². The molecule has 0 aliphatic heterocycles. The van der Waals surface area contributed by atoms with E-state index in [1.165, 1.54) is 0 Å². The van der Waals surface area contributed by atoms with Gasteiger partial charge in [-0.2, -0.15) is 0 Å². The number of carbonyl (C=O) groups is 1. The summed E-state index contributed by atoms with van der Waals surface area (Å²) in [4.78, 5) is 13.3. The minimum absolute atomic E-state index is 0.0410. The molecule has 0 aromatic carbocycles. The van der Waals surface area contributed by atoms with E-state index >= 15 is 0 Å². The number of hydrogen-bond donors (Lipinski definition) is 2. The fourth-order valence-electron chi connectivity index (χ4n) is 1.47. The summed E-state index contributed by atoms with van der Waals surface area (Å²) >= 11 is 0. The van der Waals surface area contributed by atoms with Gasteiger partial charge < -0.3 is 16.0 Å². The quantitative estimate of drug-likeness (QED) is 0.638. The highest BCUT2D eigenvalue weighted by Gasteiger charge is 2.19. The van der Waals surface area contributed by atoms with E-state index in [2.05, 4.69) is 24.1 Å². The lowest BCUT2D eigenvalue weighted by molar-refractivity contribution is -0.121. The van der Waals surface area contributed by atoms with Gasteiger partial charge in [0.2, 0.25) is 5.91 Å². The molecule has 4 nitrogen and oxygen atoms in total. The largest absolute Gasteiger partial charge is 0.355 e. The zero-order valence-corrected chi connectivity index (χ0v) is 9.76. The standard InChI is InChI=1S/C10H23N3O/c1-10(2,8-13(3)4)7-12-9(14)5-6-11/h5-8,11H2,1-4H3,(H,12,14). The average Bonchev–Trinajstić information content (AvgIpc) is 1.99. The highest BCUT2D eigenvalue weighted by atomic mass is 16.1. The van der Waals surface area contributed by atoms with Crippen molar-refractivity contribution in [2.75, 3.05) is 33.7 Å². The van der Waals surface area contributed by atoms with Gasteiger partial charge in [-0.3, -0.25) is 4.79 Å². The van der Waals surface area contributed by atoms with Gasteiger partial charge in [0.05, 0.1) is 0 Å². The molecule has 0 bridgehead atoms. The van der Waals surface area contributed by atoms with Gasteiger partial charge in [-0.15, -0.1) is 0 Å². The molecular formula is C10H23N3O. The van der Waals surface area contributed by atoms with Gasteiger partial charge in [0.1, 0.15) is 0 Å². The van der Waals surface area contributed by atoms with Gasteiger partial charge in [0.25, 0.3) is 0 Å². The Balaban J connectivity index is 3.80. The number of nitrogens with zero attached hydrogens (tertiary/aromatic N) is 1. The second kappa shape index (κ2) is 5.98. The van der Waals surface area contributed by atoms with Crippen LogP contribution in [0, 0.1) is 5.41 Å². The second-order valence-corrected chi connectivity index (χ2v) is 4.72. The predicted octanol–water partition coefficient (Wildman–Crippen LogP) is 0.0392.